The molecule has 0 aromatic carbocycles. The van der Waals surface area contributed by atoms with Gasteiger partial charge in [-0.3, -0.25) is 9.71 Å². The summed E-state index contributed by atoms with van der Waals surface area (Å²) in [6.07, 6.45) is 4.00. The monoisotopic (exact) mass is 187 g/mol. The number of sulfonamides is 1. The van der Waals surface area contributed by atoms with E-state index in [2.05, 4.69) is 14.7 Å². The molecule has 1 aromatic heterocycles. The molecule has 12 heavy (non-hydrogen) atoms. The number of nitrogens with zero attached hydrogens (tertiary/aromatic N) is 2. The van der Waals surface area contributed by atoms with E-state index in [-0.39, 0.29) is 5.82 Å². The molecule has 0 spiro atoms. The predicted molar refractivity (Wildman–Crippen MR) is 45.2 cm³/mol. The lowest BCUT2D eigenvalue weighted by Crippen LogP contribution is -2.12. The van der Waals surface area contributed by atoms with Gasteiger partial charge in [0.2, 0.25) is 10.0 Å². The summed E-state index contributed by atoms with van der Waals surface area (Å²) < 4.78 is 23.8. The minimum atomic E-state index is -3.25. The second-order valence-corrected chi connectivity index (χ2v) is 4.11. The van der Waals surface area contributed by atoms with Gasteiger partial charge in [0.15, 0.2) is 5.82 Å². The van der Waals surface area contributed by atoms with Crippen LogP contribution in [0, 0.1) is 6.92 Å². The van der Waals surface area contributed by atoms with E-state index in [0.717, 1.165) is 6.26 Å². The standard InChI is InChI=1S/C6H9N3O2S/c1-5-6(8-4-3-7-5)9-12(2,10)11/h3-4H,1-2H3,(H,8,9). The molecule has 1 rings (SSSR count). The van der Waals surface area contributed by atoms with Gasteiger partial charge in [-0.2, -0.15) is 0 Å². The molecule has 1 aromatic rings. The molecule has 0 aliphatic heterocycles. The van der Waals surface area contributed by atoms with Crippen LogP contribution in [0.3, 0.4) is 0 Å². The summed E-state index contributed by atoms with van der Waals surface area (Å²) in [5.74, 6) is 0.278. The minimum Gasteiger partial charge on any atom is -0.266 e. The van der Waals surface area contributed by atoms with E-state index in [1.54, 1.807) is 6.92 Å². The first kappa shape index (κ1) is 8.92. The van der Waals surface area contributed by atoms with Crippen LogP contribution >= 0.6 is 0 Å². The minimum absolute atomic E-state index is 0.278. The first-order chi connectivity index (χ1) is 5.49. The van der Waals surface area contributed by atoms with Crippen molar-refractivity contribution in [2.75, 3.05) is 11.0 Å². The molecule has 0 aliphatic rings. The number of aromatic nitrogens is 2. The molecule has 6 heteroatoms. The Morgan fingerprint density at radius 3 is 2.42 bits per heavy atom. The fourth-order valence-electron chi connectivity index (χ4n) is 0.683. The number of nitrogens with one attached hydrogen (secondary N) is 1. The highest BCUT2D eigenvalue weighted by atomic mass is 32.2. The number of rotatable bonds is 2. The van der Waals surface area contributed by atoms with Gasteiger partial charge in [0.1, 0.15) is 0 Å². The highest BCUT2D eigenvalue weighted by Crippen LogP contribution is 2.06. The van der Waals surface area contributed by atoms with Gasteiger partial charge < -0.3 is 0 Å². The van der Waals surface area contributed by atoms with Gasteiger partial charge in [-0.25, -0.2) is 13.4 Å². The van der Waals surface area contributed by atoms with Crippen molar-refractivity contribution in [1.82, 2.24) is 9.97 Å². The van der Waals surface area contributed by atoms with Gasteiger partial charge in [-0.15, -0.1) is 0 Å². The van der Waals surface area contributed by atoms with Crippen LogP contribution in [-0.2, 0) is 10.0 Å². The van der Waals surface area contributed by atoms with Crippen LogP contribution in [0.25, 0.3) is 0 Å². The summed E-state index contributed by atoms with van der Waals surface area (Å²) in [7, 11) is -3.25. The summed E-state index contributed by atoms with van der Waals surface area (Å²) >= 11 is 0. The average molecular weight is 187 g/mol. The molecule has 0 bridgehead atoms. The Hall–Kier alpha value is -1.17. The highest BCUT2D eigenvalue weighted by molar-refractivity contribution is 7.92. The lowest BCUT2D eigenvalue weighted by atomic mass is 10.5. The second-order valence-electron chi connectivity index (χ2n) is 2.36. The van der Waals surface area contributed by atoms with Gasteiger partial charge >= 0.3 is 0 Å². The summed E-state index contributed by atoms with van der Waals surface area (Å²) in [6, 6.07) is 0. The van der Waals surface area contributed by atoms with Crippen molar-refractivity contribution < 1.29 is 8.42 Å². The van der Waals surface area contributed by atoms with Crippen LogP contribution in [0.4, 0.5) is 5.82 Å². The highest BCUT2D eigenvalue weighted by Gasteiger charge is 2.05. The third-order valence-corrected chi connectivity index (χ3v) is 1.73. The Balaban J connectivity index is 2.98. The third-order valence-electron chi connectivity index (χ3n) is 1.16. The van der Waals surface area contributed by atoms with Crippen molar-refractivity contribution in [3.05, 3.63) is 18.1 Å². The molecule has 0 unspecified atom stereocenters. The molecule has 0 saturated carbocycles. The molecule has 1 heterocycles. The van der Waals surface area contributed by atoms with Crippen LogP contribution in [0.1, 0.15) is 5.69 Å². The van der Waals surface area contributed by atoms with Gasteiger partial charge in [0.25, 0.3) is 0 Å². The molecular weight excluding hydrogens is 178 g/mol. The van der Waals surface area contributed by atoms with E-state index in [0.29, 0.717) is 5.69 Å². The van der Waals surface area contributed by atoms with Crippen molar-refractivity contribution in [3.63, 3.8) is 0 Å². The molecule has 66 valence electrons. The maximum Gasteiger partial charge on any atom is 0.231 e. The molecule has 0 amide bonds. The van der Waals surface area contributed by atoms with E-state index in [1.807, 2.05) is 0 Å². The summed E-state index contributed by atoms with van der Waals surface area (Å²) in [5.41, 5.74) is 0.558. The quantitative estimate of drug-likeness (QED) is 0.715. The number of aryl methyl sites for hydroxylation is 1. The van der Waals surface area contributed by atoms with Crippen LogP contribution < -0.4 is 4.72 Å². The first-order valence-corrected chi connectivity index (χ1v) is 5.13. The van der Waals surface area contributed by atoms with Crippen LogP contribution in [0.15, 0.2) is 12.4 Å². The Kier molecular flexibility index (Phi) is 2.27. The molecule has 0 radical (unpaired) electrons. The summed E-state index contributed by atoms with van der Waals surface area (Å²) in [4.78, 5) is 7.68. The largest absolute Gasteiger partial charge is 0.266 e. The van der Waals surface area contributed by atoms with Gasteiger partial charge in [0.05, 0.1) is 11.9 Å². The van der Waals surface area contributed by atoms with E-state index in [4.69, 9.17) is 0 Å². The SMILES string of the molecule is Cc1nccnc1NS(C)(=O)=O. The molecule has 1 N–H and O–H groups in total. The number of hydrogen-bond donors (Lipinski definition) is 1. The zero-order valence-electron chi connectivity index (χ0n) is 6.77. The molecule has 0 fully saturated rings. The van der Waals surface area contributed by atoms with Gasteiger partial charge in [-0.1, -0.05) is 0 Å². The van der Waals surface area contributed by atoms with Crippen molar-refractivity contribution in [3.8, 4) is 0 Å². The third kappa shape index (κ3) is 2.46. The molecule has 0 aliphatic carbocycles. The summed E-state index contributed by atoms with van der Waals surface area (Å²) in [5, 5.41) is 0. The van der Waals surface area contributed by atoms with Crippen molar-refractivity contribution in [2.45, 2.75) is 6.92 Å². The van der Waals surface area contributed by atoms with Crippen molar-refractivity contribution in [1.29, 1.82) is 0 Å². The van der Waals surface area contributed by atoms with E-state index in [9.17, 15) is 8.42 Å². The topological polar surface area (TPSA) is 72.0 Å². The molecule has 0 saturated heterocycles. The first-order valence-electron chi connectivity index (χ1n) is 3.24. The molecule has 5 nitrogen and oxygen atoms in total. The van der Waals surface area contributed by atoms with E-state index in [1.165, 1.54) is 12.4 Å². The fourth-order valence-corrected chi connectivity index (χ4v) is 1.24. The van der Waals surface area contributed by atoms with Gasteiger partial charge in [0, 0.05) is 12.4 Å². The fraction of sp³-hybridized carbons (Fsp3) is 0.333. The Morgan fingerprint density at radius 1 is 1.33 bits per heavy atom. The zero-order valence-corrected chi connectivity index (χ0v) is 7.59. The normalized spacial score (nSPS) is 11.2. The smallest absolute Gasteiger partial charge is 0.231 e. The van der Waals surface area contributed by atoms with Crippen LogP contribution in [0.2, 0.25) is 0 Å². The molecule has 0 atom stereocenters. The lowest BCUT2D eigenvalue weighted by Gasteiger charge is -2.03. The number of anilines is 1. The predicted octanol–water partition coefficient (Wildman–Crippen LogP) is 0.157. The summed E-state index contributed by atoms with van der Waals surface area (Å²) in [6.45, 7) is 1.68. The van der Waals surface area contributed by atoms with E-state index < -0.39 is 10.0 Å². The maximum absolute atomic E-state index is 10.8. The van der Waals surface area contributed by atoms with Crippen molar-refractivity contribution in [2.24, 2.45) is 0 Å². The zero-order chi connectivity index (χ0) is 9.19. The second kappa shape index (κ2) is 3.06. The maximum atomic E-state index is 10.8. The van der Waals surface area contributed by atoms with Crippen LogP contribution in [-0.4, -0.2) is 24.6 Å². The van der Waals surface area contributed by atoms with E-state index >= 15 is 0 Å². The number of hydrogen-bond acceptors (Lipinski definition) is 4. The lowest BCUT2D eigenvalue weighted by molar-refractivity contribution is 0.606. The average Bonchev–Trinajstić information content (AvgIpc) is 1.91. The molecular formula is C6H9N3O2S. The van der Waals surface area contributed by atoms with Gasteiger partial charge in [-0.05, 0) is 6.92 Å². The Morgan fingerprint density at radius 2 is 1.92 bits per heavy atom. The van der Waals surface area contributed by atoms with Crippen molar-refractivity contribution >= 4 is 15.8 Å². The van der Waals surface area contributed by atoms with Crippen LogP contribution in [0.5, 0.6) is 0 Å². The Bertz CT molecular complexity index is 374. The Labute approximate surface area is 70.9 Å².